The van der Waals surface area contributed by atoms with Gasteiger partial charge in [0.15, 0.2) is 0 Å². The van der Waals surface area contributed by atoms with E-state index in [9.17, 15) is 4.79 Å². The van der Waals surface area contributed by atoms with Crippen LogP contribution in [0.4, 0.5) is 0 Å². The minimum absolute atomic E-state index is 0.107. The third-order valence-corrected chi connectivity index (χ3v) is 7.15. The Hall–Kier alpha value is -1.24. The van der Waals surface area contributed by atoms with E-state index in [4.69, 9.17) is 9.47 Å². The number of hydrogen-bond donors (Lipinski definition) is 1. The first-order chi connectivity index (χ1) is 13.9. The molecular formula is C23H36N2O3S. The summed E-state index contributed by atoms with van der Waals surface area (Å²) in [6.45, 7) is 11.5. The van der Waals surface area contributed by atoms with Crippen LogP contribution < -0.4 is 10.1 Å². The van der Waals surface area contributed by atoms with Crippen molar-refractivity contribution in [2.24, 2.45) is 0 Å². The monoisotopic (exact) mass is 420 g/mol. The van der Waals surface area contributed by atoms with Crippen molar-refractivity contribution in [1.82, 2.24) is 10.2 Å². The summed E-state index contributed by atoms with van der Waals surface area (Å²) in [5, 5.41) is 3.20. The molecule has 29 heavy (non-hydrogen) atoms. The third-order valence-electron chi connectivity index (χ3n) is 5.92. The molecule has 1 amide bonds. The van der Waals surface area contributed by atoms with Gasteiger partial charge in [-0.05, 0) is 41.7 Å². The van der Waals surface area contributed by atoms with Crippen LogP contribution in [0.3, 0.4) is 0 Å². The quantitative estimate of drug-likeness (QED) is 0.653. The second-order valence-electron chi connectivity index (χ2n) is 9.13. The molecule has 6 heteroatoms. The van der Waals surface area contributed by atoms with Crippen LogP contribution in [-0.2, 0) is 14.9 Å². The van der Waals surface area contributed by atoms with E-state index in [2.05, 4.69) is 43.1 Å². The van der Waals surface area contributed by atoms with Crippen molar-refractivity contribution in [2.45, 2.75) is 51.0 Å². The van der Waals surface area contributed by atoms with Crippen molar-refractivity contribution in [2.75, 3.05) is 51.0 Å². The standard InChI is InChI=1S/C23H36N2O3S/c1-22(2,3)19-6-8-20(9-7-19)28-13-4-5-21(26)24-17-23(10-16-29-18-23)25-11-14-27-15-12-25/h6-9H,4-5,10-18H2,1-3H3,(H,24,26). The highest BCUT2D eigenvalue weighted by Crippen LogP contribution is 2.33. The number of carbonyl (C=O) groups is 1. The van der Waals surface area contributed by atoms with Gasteiger partial charge in [0.05, 0.1) is 19.8 Å². The van der Waals surface area contributed by atoms with Crippen LogP contribution in [0.25, 0.3) is 0 Å². The Kier molecular flexibility index (Phi) is 7.88. The first-order valence-corrected chi connectivity index (χ1v) is 12.0. The zero-order valence-corrected chi connectivity index (χ0v) is 19.0. The lowest BCUT2D eigenvalue weighted by Gasteiger charge is -2.43. The van der Waals surface area contributed by atoms with E-state index in [1.54, 1.807) is 0 Å². The maximum Gasteiger partial charge on any atom is 0.220 e. The lowest BCUT2D eigenvalue weighted by atomic mass is 9.87. The Morgan fingerprint density at radius 3 is 2.59 bits per heavy atom. The van der Waals surface area contributed by atoms with Gasteiger partial charge in [0, 0.05) is 37.3 Å². The summed E-state index contributed by atoms with van der Waals surface area (Å²) in [6, 6.07) is 8.27. The highest BCUT2D eigenvalue weighted by molar-refractivity contribution is 7.99. The van der Waals surface area contributed by atoms with E-state index in [0.717, 1.165) is 57.2 Å². The SMILES string of the molecule is CC(C)(C)c1ccc(OCCCC(=O)NCC2(N3CCOCC3)CCSC2)cc1. The van der Waals surface area contributed by atoms with Crippen molar-refractivity contribution in [3.8, 4) is 5.75 Å². The molecule has 0 aliphatic carbocycles. The fourth-order valence-electron chi connectivity index (χ4n) is 3.96. The smallest absolute Gasteiger partial charge is 0.220 e. The van der Waals surface area contributed by atoms with Crippen molar-refractivity contribution in [1.29, 1.82) is 0 Å². The van der Waals surface area contributed by atoms with Gasteiger partial charge in [-0.15, -0.1) is 0 Å². The second kappa shape index (κ2) is 10.2. The molecule has 2 saturated heterocycles. The van der Waals surface area contributed by atoms with Crippen LogP contribution >= 0.6 is 11.8 Å². The Balaban J connectivity index is 1.37. The fraction of sp³-hybridized carbons (Fsp3) is 0.696. The maximum atomic E-state index is 12.4. The molecule has 1 unspecified atom stereocenters. The molecule has 0 saturated carbocycles. The van der Waals surface area contributed by atoms with Gasteiger partial charge >= 0.3 is 0 Å². The summed E-state index contributed by atoms with van der Waals surface area (Å²) in [7, 11) is 0. The number of amides is 1. The summed E-state index contributed by atoms with van der Waals surface area (Å²) in [5.74, 6) is 3.27. The zero-order chi connectivity index (χ0) is 20.7. The number of hydrogen-bond acceptors (Lipinski definition) is 5. The fourth-order valence-corrected chi connectivity index (χ4v) is 5.44. The van der Waals surface area contributed by atoms with Crippen molar-refractivity contribution in [3.05, 3.63) is 29.8 Å². The second-order valence-corrected chi connectivity index (χ2v) is 10.2. The first-order valence-electron chi connectivity index (χ1n) is 10.8. The molecule has 3 rings (SSSR count). The Labute approximate surface area is 179 Å². The van der Waals surface area contributed by atoms with Gasteiger partial charge in [-0.3, -0.25) is 9.69 Å². The Bertz CT molecular complexity index is 645. The van der Waals surface area contributed by atoms with Crippen LogP contribution in [0, 0.1) is 0 Å². The maximum absolute atomic E-state index is 12.4. The first kappa shape index (κ1) is 22.4. The molecule has 1 aromatic carbocycles. The van der Waals surface area contributed by atoms with Gasteiger partial charge in [-0.1, -0.05) is 32.9 Å². The predicted octanol–water partition coefficient (Wildman–Crippen LogP) is 3.47. The van der Waals surface area contributed by atoms with E-state index in [-0.39, 0.29) is 16.9 Å². The van der Waals surface area contributed by atoms with E-state index < -0.39 is 0 Å². The molecule has 0 bridgehead atoms. The summed E-state index contributed by atoms with van der Waals surface area (Å²) < 4.78 is 11.3. The summed E-state index contributed by atoms with van der Waals surface area (Å²) in [5.41, 5.74) is 1.55. The Morgan fingerprint density at radius 2 is 1.97 bits per heavy atom. The van der Waals surface area contributed by atoms with Crippen LogP contribution in [0.5, 0.6) is 5.75 Å². The van der Waals surface area contributed by atoms with Gasteiger partial charge in [0.1, 0.15) is 5.75 Å². The minimum atomic E-state index is 0.107. The normalized spacial score (nSPS) is 23.1. The molecule has 0 aromatic heterocycles. The van der Waals surface area contributed by atoms with Crippen molar-refractivity contribution < 1.29 is 14.3 Å². The number of nitrogens with zero attached hydrogens (tertiary/aromatic N) is 1. The molecule has 1 atom stereocenters. The van der Waals surface area contributed by atoms with Gasteiger partial charge in [-0.25, -0.2) is 0 Å². The number of benzene rings is 1. The molecule has 0 radical (unpaired) electrons. The number of morpholine rings is 1. The topological polar surface area (TPSA) is 50.8 Å². The largest absolute Gasteiger partial charge is 0.494 e. The summed E-state index contributed by atoms with van der Waals surface area (Å²) >= 11 is 1.99. The number of rotatable bonds is 8. The minimum Gasteiger partial charge on any atom is -0.494 e. The molecule has 1 N–H and O–H groups in total. The average molecular weight is 421 g/mol. The van der Waals surface area contributed by atoms with Crippen LogP contribution in [0.15, 0.2) is 24.3 Å². The van der Waals surface area contributed by atoms with Gasteiger partial charge in [-0.2, -0.15) is 11.8 Å². The van der Waals surface area contributed by atoms with Crippen LogP contribution in [-0.4, -0.2) is 67.3 Å². The van der Waals surface area contributed by atoms with E-state index in [1.165, 1.54) is 11.3 Å². The zero-order valence-electron chi connectivity index (χ0n) is 18.2. The number of thioether (sulfide) groups is 1. The lowest BCUT2D eigenvalue weighted by Crippen LogP contribution is -2.59. The third kappa shape index (κ3) is 6.37. The number of carbonyl (C=O) groups excluding carboxylic acids is 1. The lowest BCUT2D eigenvalue weighted by molar-refractivity contribution is -0.122. The van der Waals surface area contributed by atoms with E-state index >= 15 is 0 Å². The highest BCUT2D eigenvalue weighted by atomic mass is 32.2. The van der Waals surface area contributed by atoms with Crippen LogP contribution in [0.1, 0.15) is 45.6 Å². The molecule has 2 aliphatic heterocycles. The van der Waals surface area contributed by atoms with Crippen LogP contribution in [0.2, 0.25) is 0 Å². The van der Waals surface area contributed by atoms with Gasteiger partial charge in [0.2, 0.25) is 5.91 Å². The van der Waals surface area contributed by atoms with E-state index in [0.29, 0.717) is 13.0 Å². The highest BCUT2D eigenvalue weighted by Gasteiger charge is 2.40. The molecular weight excluding hydrogens is 384 g/mol. The number of ether oxygens (including phenoxy) is 2. The van der Waals surface area contributed by atoms with Crippen molar-refractivity contribution >= 4 is 17.7 Å². The predicted molar refractivity (Wildman–Crippen MR) is 120 cm³/mol. The molecule has 2 heterocycles. The number of nitrogens with one attached hydrogen (secondary N) is 1. The molecule has 1 aromatic rings. The summed E-state index contributed by atoms with van der Waals surface area (Å²) in [4.78, 5) is 14.9. The molecule has 2 aliphatic rings. The average Bonchev–Trinajstić information content (AvgIpc) is 3.20. The summed E-state index contributed by atoms with van der Waals surface area (Å²) in [6.07, 6.45) is 2.38. The molecule has 0 spiro atoms. The molecule has 5 nitrogen and oxygen atoms in total. The Morgan fingerprint density at radius 1 is 1.24 bits per heavy atom. The van der Waals surface area contributed by atoms with Gasteiger partial charge < -0.3 is 14.8 Å². The molecule has 2 fully saturated rings. The van der Waals surface area contributed by atoms with Crippen molar-refractivity contribution in [3.63, 3.8) is 0 Å². The molecule has 162 valence electrons. The van der Waals surface area contributed by atoms with E-state index in [1.807, 2.05) is 23.9 Å². The van der Waals surface area contributed by atoms with Gasteiger partial charge in [0.25, 0.3) is 0 Å².